The van der Waals surface area contributed by atoms with Crippen molar-refractivity contribution >= 4 is 17.3 Å². The topological polar surface area (TPSA) is 81.5 Å². The van der Waals surface area contributed by atoms with E-state index < -0.39 is 4.92 Å². The minimum absolute atomic E-state index is 0.0461. The molecule has 0 bridgehead atoms. The third kappa shape index (κ3) is 4.20. The van der Waals surface area contributed by atoms with Gasteiger partial charge in [0.15, 0.2) is 0 Å². The normalized spacial score (nSPS) is 10.9. The molecule has 6 heteroatoms. The highest BCUT2D eigenvalue weighted by Gasteiger charge is 2.18. The summed E-state index contributed by atoms with van der Waals surface area (Å²) in [4.78, 5) is 22.7. The van der Waals surface area contributed by atoms with Crippen LogP contribution in [-0.4, -0.2) is 17.9 Å². The number of nitro groups is 1. The zero-order valence-corrected chi connectivity index (χ0v) is 15.7. The Morgan fingerprint density at radius 1 is 1.04 bits per heavy atom. The van der Waals surface area contributed by atoms with Crippen molar-refractivity contribution in [2.75, 3.05) is 12.4 Å². The largest absolute Gasteiger partial charge is 0.496 e. The first-order valence-electron chi connectivity index (χ1n) is 8.52. The van der Waals surface area contributed by atoms with Crippen LogP contribution >= 0.6 is 0 Å². The van der Waals surface area contributed by atoms with Crippen LogP contribution in [0.1, 0.15) is 61.0 Å². The van der Waals surface area contributed by atoms with Gasteiger partial charge in [-0.2, -0.15) is 0 Å². The highest BCUT2D eigenvalue weighted by molar-refractivity contribution is 6.04. The van der Waals surface area contributed by atoms with Crippen LogP contribution in [-0.2, 0) is 0 Å². The summed E-state index contributed by atoms with van der Waals surface area (Å²) >= 11 is 0. The minimum Gasteiger partial charge on any atom is -0.496 e. The molecule has 0 aliphatic rings. The van der Waals surface area contributed by atoms with Gasteiger partial charge in [-0.25, -0.2) is 0 Å². The van der Waals surface area contributed by atoms with Crippen molar-refractivity contribution in [3.05, 3.63) is 63.2 Å². The van der Waals surface area contributed by atoms with E-state index in [1.165, 1.54) is 24.3 Å². The van der Waals surface area contributed by atoms with E-state index >= 15 is 0 Å². The van der Waals surface area contributed by atoms with E-state index in [0.29, 0.717) is 11.3 Å². The van der Waals surface area contributed by atoms with Crippen molar-refractivity contribution in [2.24, 2.45) is 0 Å². The van der Waals surface area contributed by atoms with Gasteiger partial charge in [0.25, 0.3) is 11.6 Å². The van der Waals surface area contributed by atoms with E-state index in [9.17, 15) is 14.9 Å². The first-order chi connectivity index (χ1) is 12.2. The highest BCUT2D eigenvalue weighted by atomic mass is 16.6. The van der Waals surface area contributed by atoms with Crippen LogP contribution in [0.5, 0.6) is 5.75 Å². The number of carbonyl (C=O) groups excluding carboxylic acids is 1. The van der Waals surface area contributed by atoms with E-state index in [-0.39, 0.29) is 23.4 Å². The standard InChI is InChI=1S/C20H24N2O4/c1-12(2)17-10-15(11-18(13(3)4)19(17)26-5)21-20(23)14-6-8-16(9-7-14)22(24)25/h6-13H,1-5H3,(H,21,23). The van der Waals surface area contributed by atoms with E-state index in [4.69, 9.17) is 4.74 Å². The SMILES string of the molecule is COc1c(C(C)C)cc(NC(=O)c2ccc([N+](=O)[O-])cc2)cc1C(C)C. The molecule has 1 amide bonds. The number of methoxy groups -OCH3 is 1. The second-order valence-corrected chi connectivity index (χ2v) is 6.76. The number of rotatable bonds is 6. The summed E-state index contributed by atoms with van der Waals surface area (Å²) in [5.41, 5.74) is 3.05. The van der Waals surface area contributed by atoms with E-state index in [1.807, 2.05) is 12.1 Å². The predicted octanol–water partition coefficient (Wildman–Crippen LogP) is 5.10. The third-order valence-electron chi connectivity index (χ3n) is 4.19. The van der Waals surface area contributed by atoms with Gasteiger partial charge in [0, 0.05) is 23.4 Å². The molecule has 2 rings (SSSR count). The Bertz CT molecular complexity index is 782. The summed E-state index contributed by atoms with van der Waals surface area (Å²) in [6.07, 6.45) is 0. The maximum atomic E-state index is 12.5. The van der Waals surface area contributed by atoms with Crippen molar-refractivity contribution in [3.63, 3.8) is 0 Å². The summed E-state index contributed by atoms with van der Waals surface area (Å²) in [5, 5.41) is 13.6. The lowest BCUT2D eigenvalue weighted by atomic mass is 9.93. The first-order valence-corrected chi connectivity index (χ1v) is 8.52. The van der Waals surface area contributed by atoms with Crippen LogP contribution < -0.4 is 10.1 Å². The van der Waals surface area contributed by atoms with Crippen LogP contribution in [0.2, 0.25) is 0 Å². The first kappa shape index (κ1) is 19.4. The molecule has 0 saturated carbocycles. The van der Waals surface area contributed by atoms with Crippen molar-refractivity contribution in [1.82, 2.24) is 0 Å². The monoisotopic (exact) mass is 356 g/mol. The lowest BCUT2D eigenvalue weighted by molar-refractivity contribution is -0.384. The van der Waals surface area contributed by atoms with Gasteiger partial charge in [-0.05, 0) is 47.2 Å². The molecular formula is C20H24N2O4. The van der Waals surface area contributed by atoms with Crippen molar-refractivity contribution < 1.29 is 14.5 Å². The third-order valence-corrected chi connectivity index (χ3v) is 4.19. The molecule has 2 aromatic carbocycles. The number of carbonyl (C=O) groups is 1. The van der Waals surface area contributed by atoms with Gasteiger partial charge in [-0.3, -0.25) is 14.9 Å². The summed E-state index contributed by atoms with van der Waals surface area (Å²) in [5.74, 6) is 1.01. The molecule has 0 heterocycles. The Morgan fingerprint density at radius 3 is 1.92 bits per heavy atom. The smallest absolute Gasteiger partial charge is 0.269 e. The Balaban J connectivity index is 2.36. The van der Waals surface area contributed by atoms with E-state index in [0.717, 1.165) is 16.9 Å². The zero-order chi connectivity index (χ0) is 19.4. The molecule has 0 spiro atoms. The molecule has 0 fully saturated rings. The molecular weight excluding hydrogens is 332 g/mol. The molecule has 0 aromatic heterocycles. The summed E-state index contributed by atoms with van der Waals surface area (Å²) in [7, 11) is 1.65. The van der Waals surface area contributed by atoms with Crippen LogP contribution in [0.15, 0.2) is 36.4 Å². The number of benzene rings is 2. The number of nitrogens with zero attached hydrogens (tertiary/aromatic N) is 1. The Labute approximate surface area is 153 Å². The molecule has 0 aliphatic carbocycles. The Kier molecular flexibility index (Phi) is 5.97. The van der Waals surface area contributed by atoms with E-state index in [1.54, 1.807) is 7.11 Å². The number of ether oxygens (including phenoxy) is 1. The number of hydrogen-bond acceptors (Lipinski definition) is 4. The predicted molar refractivity (Wildman–Crippen MR) is 102 cm³/mol. The van der Waals surface area contributed by atoms with Crippen LogP contribution in [0.25, 0.3) is 0 Å². The van der Waals surface area contributed by atoms with Gasteiger partial charge in [-0.1, -0.05) is 27.7 Å². The average Bonchev–Trinajstić information content (AvgIpc) is 2.60. The molecule has 0 unspecified atom stereocenters. The van der Waals surface area contributed by atoms with Gasteiger partial charge >= 0.3 is 0 Å². The van der Waals surface area contributed by atoms with Gasteiger partial charge in [0.2, 0.25) is 0 Å². The number of nitro benzene ring substituents is 1. The zero-order valence-electron chi connectivity index (χ0n) is 15.7. The van der Waals surface area contributed by atoms with Crippen molar-refractivity contribution in [1.29, 1.82) is 0 Å². The molecule has 0 saturated heterocycles. The second kappa shape index (κ2) is 7.99. The molecule has 26 heavy (non-hydrogen) atoms. The lowest BCUT2D eigenvalue weighted by Gasteiger charge is -2.20. The van der Waals surface area contributed by atoms with Crippen molar-refractivity contribution in [2.45, 2.75) is 39.5 Å². The number of hydrogen-bond donors (Lipinski definition) is 1. The number of nitrogens with one attached hydrogen (secondary N) is 1. The lowest BCUT2D eigenvalue weighted by Crippen LogP contribution is -2.13. The van der Waals surface area contributed by atoms with Gasteiger partial charge in [-0.15, -0.1) is 0 Å². The Morgan fingerprint density at radius 2 is 1.54 bits per heavy atom. The van der Waals surface area contributed by atoms with E-state index in [2.05, 4.69) is 33.0 Å². The Hall–Kier alpha value is -2.89. The van der Waals surface area contributed by atoms with Crippen LogP contribution in [0, 0.1) is 10.1 Å². The van der Waals surface area contributed by atoms with Crippen LogP contribution in [0.3, 0.4) is 0 Å². The number of amides is 1. The average molecular weight is 356 g/mol. The summed E-state index contributed by atoms with van der Waals surface area (Å²) < 4.78 is 5.60. The fourth-order valence-corrected chi connectivity index (χ4v) is 2.78. The molecule has 0 atom stereocenters. The molecule has 6 nitrogen and oxygen atoms in total. The quantitative estimate of drug-likeness (QED) is 0.576. The van der Waals surface area contributed by atoms with Gasteiger partial charge in [0.05, 0.1) is 12.0 Å². The summed E-state index contributed by atoms with van der Waals surface area (Å²) in [6, 6.07) is 9.37. The summed E-state index contributed by atoms with van der Waals surface area (Å²) in [6.45, 7) is 8.29. The maximum Gasteiger partial charge on any atom is 0.269 e. The van der Waals surface area contributed by atoms with Gasteiger partial charge < -0.3 is 10.1 Å². The van der Waals surface area contributed by atoms with Gasteiger partial charge in [0.1, 0.15) is 5.75 Å². The molecule has 2 aromatic rings. The fourth-order valence-electron chi connectivity index (χ4n) is 2.78. The van der Waals surface area contributed by atoms with Crippen molar-refractivity contribution in [3.8, 4) is 5.75 Å². The highest BCUT2D eigenvalue weighted by Crippen LogP contribution is 2.37. The minimum atomic E-state index is -0.491. The number of non-ortho nitro benzene ring substituents is 1. The molecule has 138 valence electrons. The van der Waals surface area contributed by atoms with Crippen LogP contribution in [0.4, 0.5) is 11.4 Å². The molecule has 0 radical (unpaired) electrons. The molecule has 1 N–H and O–H groups in total. The second-order valence-electron chi connectivity index (χ2n) is 6.76. The molecule has 0 aliphatic heterocycles. The maximum absolute atomic E-state index is 12.5. The fraction of sp³-hybridized carbons (Fsp3) is 0.350. The number of anilines is 1.